The van der Waals surface area contributed by atoms with Crippen molar-refractivity contribution in [3.63, 3.8) is 0 Å². The Kier molecular flexibility index (Phi) is 6.33. The van der Waals surface area contributed by atoms with Gasteiger partial charge in [-0.3, -0.25) is 14.9 Å². The molecule has 180 valence electrons. The first-order chi connectivity index (χ1) is 16.5. The Hall–Kier alpha value is -2.19. The normalized spacial score (nSPS) is 19.6. The zero-order valence-corrected chi connectivity index (χ0v) is 23.2. The Bertz CT molecular complexity index is 1470. The highest BCUT2D eigenvalue weighted by atomic mass is 79.9. The fraction of sp³-hybridized carbons (Fsp3) is 0.269. The van der Waals surface area contributed by atoms with Gasteiger partial charge in [0.15, 0.2) is 10.9 Å². The van der Waals surface area contributed by atoms with Gasteiger partial charge in [-0.15, -0.1) is 0 Å². The van der Waals surface area contributed by atoms with Gasteiger partial charge in [0, 0.05) is 39.4 Å². The summed E-state index contributed by atoms with van der Waals surface area (Å²) in [5, 5.41) is 7.52. The number of hydrogen-bond acceptors (Lipinski definition) is 5. The van der Waals surface area contributed by atoms with Crippen LogP contribution in [-0.4, -0.2) is 16.7 Å². The second-order valence-corrected chi connectivity index (χ2v) is 12.4. The fourth-order valence-corrected chi connectivity index (χ4v) is 6.74. The molecule has 2 heterocycles. The summed E-state index contributed by atoms with van der Waals surface area (Å²) in [5.41, 5.74) is 3.78. The molecule has 0 saturated carbocycles. The Labute approximate surface area is 225 Å². The lowest BCUT2D eigenvalue weighted by molar-refractivity contribution is -0.118. The number of amides is 1. The van der Waals surface area contributed by atoms with Gasteiger partial charge in [-0.1, -0.05) is 76.4 Å². The molecule has 1 amide bonds. The first-order valence-electron chi connectivity index (χ1n) is 11.1. The molecule has 0 fully saturated rings. The van der Waals surface area contributed by atoms with Gasteiger partial charge in [0.2, 0.25) is 0 Å². The van der Waals surface area contributed by atoms with Gasteiger partial charge in [-0.25, -0.2) is 4.98 Å². The molecule has 0 saturated heterocycles. The van der Waals surface area contributed by atoms with Crippen LogP contribution in [-0.2, 0) is 9.59 Å². The summed E-state index contributed by atoms with van der Waals surface area (Å²) in [5.74, 6) is -0.963. The molecule has 1 aliphatic heterocycles. The van der Waals surface area contributed by atoms with E-state index in [2.05, 4.69) is 45.4 Å². The SMILES string of the molecule is CC1=C(C(=O)Nc2nc3ccc(Br)cc3s2)[C@@H](c2cccc(Cl)c2Cl)C2=C(CC(C)(C)CC2=O)N1. The maximum Gasteiger partial charge on any atom is 0.256 e. The summed E-state index contributed by atoms with van der Waals surface area (Å²) in [4.78, 5) is 31.8. The first kappa shape index (κ1) is 24.5. The van der Waals surface area contributed by atoms with Crippen LogP contribution in [0.25, 0.3) is 10.2 Å². The smallest absolute Gasteiger partial charge is 0.256 e. The van der Waals surface area contributed by atoms with Crippen LogP contribution >= 0.6 is 50.5 Å². The summed E-state index contributed by atoms with van der Waals surface area (Å²) in [6.45, 7) is 6.00. The number of carbonyl (C=O) groups excluding carboxylic acids is 2. The predicted molar refractivity (Wildman–Crippen MR) is 146 cm³/mol. The van der Waals surface area contributed by atoms with Crippen molar-refractivity contribution in [3.8, 4) is 0 Å². The van der Waals surface area contributed by atoms with Crippen molar-refractivity contribution in [1.82, 2.24) is 10.3 Å². The second kappa shape index (κ2) is 9.04. The Morgan fingerprint density at radius 3 is 2.77 bits per heavy atom. The van der Waals surface area contributed by atoms with Gasteiger partial charge < -0.3 is 5.32 Å². The Morgan fingerprint density at radius 2 is 2.00 bits per heavy atom. The number of fused-ring (bicyclic) bond motifs is 1. The molecular formula is C26H22BrCl2N3O2S. The maximum atomic E-state index is 13.7. The van der Waals surface area contributed by atoms with E-state index in [0.717, 1.165) is 20.4 Å². The minimum Gasteiger partial charge on any atom is -0.362 e. The van der Waals surface area contributed by atoms with Crippen molar-refractivity contribution in [2.75, 3.05) is 5.32 Å². The van der Waals surface area contributed by atoms with E-state index in [4.69, 9.17) is 23.2 Å². The number of aromatic nitrogens is 1. The molecule has 35 heavy (non-hydrogen) atoms. The molecular weight excluding hydrogens is 569 g/mol. The summed E-state index contributed by atoms with van der Waals surface area (Å²) in [6, 6.07) is 11.1. The van der Waals surface area contributed by atoms with Crippen LogP contribution in [0.1, 0.15) is 45.1 Å². The fourth-order valence-electron chi connectivity index (χ4n) is 4.91. The third-order valence-corrected chi connectivity index (χ3v) is 8.61. The number of thiazole rings is 1. The molecule has 0 spiro atoms. The third kappa shape index (κ3) is 4.55. The van der Waals surface area contributed by atoms with E-state index in [0.29, 0.717) is 50.4 Å². The van der Waals surface area contributed by atoms with Crippen molar-refractivity contribution in [1.29, 1.82) is 0 Å². The minimum atomic E-state index is -0.635. The number of dihydropyridines is 1. The van der Waals surface area contributed by atoms with E-state index in [9.17, 15) is 9.59 Å². The zero-order chi connectivity index (χ0) is 25.1. The van der Waals surface area contributed by atoms with Crippen molar-refractivity contribution in [2.24, 2.45) is 5.41 Å². The summed E-state index contributed by atoms with van der Waals surface area (Å²) >= 11 is 17.9. The number of benzene rings is 2. The Balaban J connectivity index is 1.60. The van der Waals surface area contributed by atoms with E-state index in [1.54, 1.807) is 12.1 Å². The average molecular weight is 591 g/mol. The summed E-state index contributed by atoms with van der Waals surface area (Å²) in [6.07, 6.45) is 1.09. The first-order valence-corrected chi connectivity index (χ1v) is 13.5. The highest BCUT2D eigenvalue weighted by Crippen LogP contribution is 2.49. The average Bonchev–Trinajstić information content (AvgIpc) is 3.14. The van der Waals surface area contributed by atoms with Crippen LogP contribution in [0.2, 0.25) is 10.0 Å². The van der Waals surface area contributed by atoms with E-state index >= 15 is 0 Å². The molecule has 0 radical (unpaired) electrons. The number of halogens is 3. The van der Waals surface area contributed by atoms with Gasteiger partial charge >= 0.3 is 0 Å². The topological polar surface area (TPSA) is 71.1 Å². The van der Waals surface area contributed by atoms with Crippen LogP contribution < -0.4 is 10.6 Å². The monoisotopic (exact) mass is 589 g/mol. The maximum absolute atomic E-state index is 13.7. The number of rotatable bonds is 3. The van der Waals surface area contributed by atoms with Crippen molar-refractivity contribution in [2.45, 2.75) is 39.5 Å². The van der Waals surface area contributed by atoms with Crippen LogP contribution in [0.15, 0.2) is 63.4 Å². The van der Waals surface area contributed by atoms with Crippen LogP contribution in [0, 0.1) is 5.41 Å². The van der Waals surface area contributed by atoms with E-state index < -0.39 is 5.92 Å². The molecule has 1 atom stereocenters. The lowest BCUT2D eigenvalue weighted by Gasteiger charge is -2.39. The highest BCUT2D eigenvalue weighted by molar-refractivity contribution is 9.10. The van der Waals surface area contributed by atoms with Gasteiger partial charge in [0.05, 0.1) is 20.3 Å². The molecule has 0 bridgehead atoms. The third-order valence-electron chi connectivity index (χ3n) is 6.35. The molecule has 5 nitrogen and oxygen atoms in total. The molecule has 0 unspecified atom stereocenters. The van der Waals surface area contributed by atoms with Gasteiger partial charge in [0.25, 0.3) is 5.91 Å². The summed E-state index contributed by atoms with van der Waals surface area (Å²) in [7, 11) is 0. The van der Waals surface area contributed by atoms with Gasteiger partial charge in [0.1, 0.15) is 0 Å². The molecule has 9 heteroatoms. The molecule has 2 N–H and O–H groups in total. The molecule has 3 aromatic rings. The number of hydrogen-bond donors (Lipinski definition) is 2. The quantitative estimate of drug-likeness (QED) is 0.329. The lowest BCUT2D eigenvalue weighted by atomic mass is 9.68. The minimum absolute atomic E-state index is 0.00688. The lowest BCUT2D eigenvalue weighted by Crippen LogP contribution is -2.39. The van der Waals surface area contributed by atoms with Crippen molar-refractivity contribution < 1.29 is 9.59 Å². The summed E-state index contributed by atoms with van der Waals surface area (Å²) < 4.78 is 1.89. The number of ketones is 1. The number of nitrogens with one attached hydrogen (secondary N) is 2. The highest BCUT2D eigenvalue weighted by Gasteiger charge is 2.43. The molecule has 2 aliphatic rings. The number of carbonyl (C=O) groups is 2. The van der Waals surface area contributed by atoms with E-state index in [-0.39, 0.29) is 17.1 Å². The predicted octanol–water partition coefficient (Wildman–Crippen LogP) is 7.61. The molecule has 2 aromatic carbocycles. The zero-order valence-electron chi connectivity index (χ0n) is 19.3. The van der Waals surface area contributed by atoms with Gasteiger partial charge in [-0.05, 0) is 48.6 Å². The Morgan fingerprint density at radius 1 is 1.23 bits per heavy atom. The number of anilines is 1. The molecule has 5 rings (SSSR count). The van der Waals surface area contributed by atoms with Crippen LogP contribution in [0.5, 0.6) is 0 Å². The number of allylic oxidation sites excluding steroid dienone is 3. The standard InChI is InChI=1S/C26H22BrCl2N3O2S/c1-12-20(24(34)32-25-31-16-8-7-13(27)9-19(16)35-25)21(14-5-4-6-15(28)23(14)29)22-17(30-12)10-26(2,3)11-18(22)33/h4-9,21,30H,10-11H2,1-3H3,(H,31,32,34)/t21-/m1/s1. The van der Waals surface area contributed by atoms with E-state index in [1.807, 2.05) is 31.2 Å². The second-order valence-electron chi connectivity index (χ2n) is 9.66. The van der Waals surface area contributed by atoms with E-state index in [1.165, 1.54) is 11.3 Å². The number of Topliss-reactive ketones (excluding diaryl/α,β-unsaturated/α-hetero) is 1. The molecule has 1 aliphatic carbocycles. The number of nitrogens with zero attached hydrogens (tertiary/aromatic N) is 1. The van der Waals surface area contributed by atoms with Crippen LogP contribution in [0.3, 0.4) is 0 Å². The largest absolute Gasteiger partial charge is 0.362 e. The van der Waals surface area contributed by atoms with Gasteiger partial charge in [-0.2, -0.15) is 0 Å². The van der Waals surface area contributed by atoms with Crippen molar-refractivity contribution >= 4 is 77.5 Å². The van der Waals surface area contributed by atoms with Crippen LogP contribution in [0.4, 0.5) is 5.13 Å². The molecule has 1 aromatic heterocycles. The van der Waals surface area contributed by atoms with Crippen molar-refractivity contribution in [3.05, 3.63) is 79.0 Å².